The molecule has 4 heterocycles. The summed E-state index contributed by atoms with van der Waals surface area (Å²) < 4.78 is 6.20. The molecule has 160 valence electrons. The lowest BCUT2D eigenvalue weighted by molar-refractivity contribution is -0.143. The van der Waals surface area contributed by atoms with Gasteiger partial charge in [0.2, 0.25) is 0 Å². The highest BCUT2D eigenvalue weighted by Crippen LogP contribution is 2.31. The summed E-state index contributed by atoms with van der Waals surface area (Å²) in [4.78, 5) is 26.4. The molecule has 0 amide bonds. The van der Waals surface area contributed by atoms with Gasteiger partial charge in [-0.1, -0.05) is 29.8 Å². The van der Waals surface area contributed by atoms with E-state index in [4.69, 9.17) is 14.9 Å². The lowest BCUT2D eigenvalue weighted by atomic mass is 9.86. The van der Waals surface area contributed by atoms with Gasteiger partial charge in [0.25, 0.3) is 0 Å². The van der Waals surface area contributed by atoms with Crippen LogP contribution in [0.3, 0.4) is 0 Å². The largest absolute Gasteiger partial charge is 0.487 e. The van der Waals surface area contributed by atoms with Gasteiger partial charge in [-0.25, -0.2) is 0 Å². The Morgan fingerprint density at radius 2 is 1.67 bits per heavy atom. The van der Waals surface area contributed by atoms with E-state index in [9.17, 15) is 9.59 Å². The zero-order chi connectivity index (χ0) is 21.5. The molecule has 0 aliphatic carbocycles. The third-order valence-corrected chi connectivity index (χ3v) is 5.52. The van der Waals surface area contributed by atoms with Crippen LogP contribution in [0.1, 0.15) is 31.2 Å². The number of piperidine rings is 3. The van der Waals surface area contributed by atoms with Gasteiger partial charge in [0.15, 0.2) is 0 Å². The Bertz CT molecular complexity index is 829. The number of aliphatic carboxylic acids is 2. The summed E-state index contributed by atoms with van der Waals surface area (Å²) in [6.07, 6.45) is 4.17. The van der Waals surface area contributed by atoms with Crippen molar-refractivity contribution in [2.24, 2.45) is 5.92 Å². The molecule has 2 aromatic rings. The molecule has 7 nitrogen and oxygen atoms in total. The predicted octanol–water partition coefficient (Wildman–Crippen LogP) is 3.47. The fourth-order valence-corrected chi connectivity index (χ4v) is 3.78. The number of fused-ring (bicyclic) bond motifs is 3. The summed E-state index contributed by atoms with van der Waals surface area (Å²) in [6.45, 7) is 5.66. The van der Waals surface area contributed by atoms with Gasteiger partial charge >= 0.3 is 11.9 Å². The summed E-state index contributed by atoms with van der Waals surface area (Å²) in [6, 6.07) is 12.6. The highest BCUT2D eigenvalue weighted by Gasteiger charge is 2.35. The molecule has 3 saturated heterocycles. The second-order valence-corrected chi connectivity index (χ2v) is 7.83. The van der Waals surface area contributed by atoms with Crippen LogP contribution in [0.15, 0.2) is 42.6 Å². The van der Waals surface area contributed by atoms with Gasteiger partial charge in [0.05, 0.1) is 24.7 Å². The number of hydrogen-bond acceptors (Lipinski definition) is 5. The van der Waals surface area contributed by atoms with Gasteiger partial charge in [-0.2, -0.15) is 0 Å². The fourth-order valence-electron chi connectivity index (χ4n) is 3.78. The normalized spacial score (nSPS) is 22.0. The highest BCUT2D eigenvalue weighted by molar-refractivity contribution is 5.75. The third-order valence-electron chi connectivity index (χ3n) is 5.52. The standard InChI is InChI=1S/C19H22N2O.C4H6O4/c1-14-2-4-15(5-3-14)18-7-6-17(12-20-18)22-19-13-21-10-8-16(19)9-11-21;5-3(6)1-2-4(7)8/h2-7,12,16,19H,8-11,13H2,1H3;1-2H2,(H,5,6)(H,7,8)/t19-;/m0./s1. The van der Waals surface area contributed by atoms with Gasteiger partial charge < -0.3 is 14.9 Å². The molecule has 3 aliphatic heterocycles. The zero-order valence-electron chi connectivity index (χ0n) is 17.2. The summed E-state index contributed by atoms with van der Waals surface area (Å²) >= 11 is 0. The van der Waals surface area contributed by atoms with Crippen molar-refractivity contribution in [1.82, 2.24) is 9.88 Å². The lowest BCUT2D eigenvalue weighted by Gasteiger charge is -2.44. The van der Waals surface area contributed by atoms with E-state index < -0.39 is 11.9 Å². The predicted molar refractivity (Wildman–Crippen MR) is 112 cm³/mol. The molecule has 1 atom stereocenters. The first-order valence-electron chi connectivity index (χ1n) is 10.3. The Morgan fingerprint density at radius 3 is 2.13 bits per heavy atom. The molecular formula is C23H28N2O5. The first kappa shape index (κ1) is 21.8. The van der Waals surface area contributed by atoms with Crippen molar-refractivity contribution in [3.05, 3.63) is 48.2 Å². The number of nitrogens with zero attached hydrogens (tertiary/aromatic N) is 2. The summed E-state index contributed by atoms with van der Waals surface area (Å²) in [7, 11) is 0. The Labute approximate surface area is 176 Å². The second-order valence-electron chi connectivity index (χ2n) is 7.83. The minimum atomic E-state index is -1.08. The van der Waals surface area contributed by atoms with Crippen LogP contribution in [0.2, 0.25) is 0 Å². The number of rotatable bonds is 6. The van der Waals surface area contributed by atoms with E-state index in [1.807, 2.05) is 6.20 Å². The van der Waals surface area contributed by atoms with Crippen LogP contribution >= 0.6 is 0 Å². The van der Waals surface area contributed by atoms with Crippen LogP contribution in [0, 0.1) is 12.8 Å². The van der Waals surface area contributed by atoms with E-state index in [0.717, 1.165) is 29.5 Å². The number of aromatic nitrogens is 1. The van der Waals surface area contributed by atoms with Crippen LogP contribution in [0.4, 0.5) is 0 Å². The number of aryl methyl sites for hydroxylation is 1. The molecule has 3 fully saturated rings. The number of benzene rings is 1. The van der Waals surface area contributed by atoms with E-state index in [1.165, 1.54) is 31.5 Å². The van der Waals surface area contributed by atoms with Gasteiger partial charge in [0.1, 0.15) is 11.9 Å². The molecule has 7 heteroatoms. The Balaban J connectivity index is 0.000000275. The molecule has 2 bridgehead atoms. The first-order valence-corrected chi connectivity index (χ1v) is 10.3. The molecule has 0 radical (unpaired) electrons. The Morgan fingerprint density at radius 1 is 1.03 bits per heavy atom. The fraction of sp³-hybridized carbons (Fsp3) is 0.435. The maximum Gasteiger partial charge on any atom is 0.303 e. The van der Waals surface area contributed by atoms with Crippen molar-refractivity contribution in [2.45, 2.75) is 38.7 Å². The van der Waals surface area contributed by atoms with Crippen LogP contribution < -0.4 is 4.74 Å². The van der Waals surface area contributed by atoms with Crippen molar-refractivity contribution in [2.75, 3.05) is 19.6 Å². The monoisotopic (exact) mass is 412 g/mol. The van der Waals surface area contributed by atoms with E-state index in [0.29, 0.717) is 6.10 Å². The highest BCUT2D eigenvalue weighted by atomic mass is 16.5. The van der Waals surface area contributed by atoms with Crippen molar-refractivity contribution in [3.8, 4) is 17.0 Å². The minimum Gasteiger partial charge on any atom is -0.487 e. The van der Waals surface area contributed by atoms with E-state index in [-0.39, 0.29) is 12.8 Å². The number of hydrogen-bond donors (Lipinski definition) is 2. The molecule has 30 heavy (non-hydrogen) atoms. The van der Waals surface area contributed by atoms with Crippen molar-refractivity contribution >= 4 is 11.9 Å². The van der Waals surface area contributed by atoms with Crippen LogP contribution in [-0.2, 0) is 9.59 Å². The quantitative estimate of drug-likeness (QED) is 0.749. The average molecular weight is 412 g/mol. The van der Waals surface area contributed by atoms with Gasteiger partial charge in [-0.15, -0.1) is 0 Å². The number of ether oxygens (including phenoxy) is 1. The molecule has 3 aliphatic rings. The minimum absolute atomic E-state index is 0.296. The Kier molecular flexibility index (Phi) is 7.41. The van der Waals surface area contributed by atoms with Crippen LogP contribution in [0.25, 0.3) is 11.3 Å². The molecule has 1 aromatic heterocycles. The number of pyridine rings is 1. The second kappa shape index (κ2) is 10.2. The number of carboxylic acids is 2. The molecule has 1 aromatic carbocycles. The van der Waals surface area contributed by atoms with E-state index >= 15 is 0 Å². The molecule has 0 unspecified atom stereocenters. The van der Waals surface area contributed by atoms with Gasteiger partial charge in [0, 0.05) is 12.1 Å². The zero-order valence-corrected chi connectivity index (χ0v) is 17.2. The molecule has 0 spiro atoms. The summed E-state index contributed by atoms with van der Waals surface area (Å²) in [5, 5.41) is 15.8. The summed E-state index contributed by atoms with van der Waals surface area (Å²) in [5.74, 6) is -0.531. The average Bonchev–Trinajstić information content (AvgIpc) is 2.75. The van der Waals surface area contributed by atoms with Crippen LogP contribution in [0.5, 0.6) is 5.75 Å². The number of carbonyl (C=O) groups is 2. The molecule has 0 saturated carbocycles. The maximum absolute atomic E-state index is 9.64. The first-order chi connectivity index (χ1) is 14.4. The van der Waals surface area contributed by atoms with Crippen molar-refractivity contribution in [3.63, 3.8) is 0 Å². The van der Waals surface area contributed by atoms with Gasteiger partial charge in [-0.05, 0) is 50.9 Å². The Hall–Kier alpha value is -2.93. The maximum atomic E-state index is 9.64. The van der Waals surface area contributed by atoms with E-state index in [2.05, 4.69) is 53.2 Å². The summed E-state index contributed by atoms with van der Waals surface area (Å²) in [5.41, 5.74) is 3.42. The number of carboxylic acid groups (broad SMARTS) is 2. The topological polar surface area (TPSA) is 100.0 Å². The SMILES string of the molecule is Cc1ccc(-c2ccc(O[C@H]3CN4CCC3CC4)cn2)cc1.O=C(O)CCC(=O)O. The molecular weight excluding hydrogens is 384 g/mol. The van der Waals surface area contributed by atoms with E-state index in [1.54, 1.807) is 0 Å². The third kappa shape index (κ3) is 6.29. The smallest absolute Gasteiger partial charge is 0.303 e. The van der Waals surface area contributed by atoms with Crippen molar-refractivity contribution < 1.29 is 24.5 Å². The van der Waals surface area contributed by atoms with Gasteiger partial charge in [-0.3, -0.25) is 19.5 Å². The molecule has 5 rings (SSSR count). The molecule has 2 N–H and O–H groups in total. The van der Waals surface area contributed by atoms with Crippen molar-refractivity contribution in [1.29, 1.82) is 0 Å². The lowest BCUT2D eigenvalue weighted by Crippen LogP contribution is -2.52. The van der Waals surface area contributed by atoms with Crippen LogP contribution in [-0.4, -0.2) is 57.8 Å².